The molecule has 4 nitrogen and oxygen atoms in total. The Labute approximate surface area is 115 Å². The molecule has 0 bridgehead atoms. The lowest BCUT2D eigenvalue weighted by Gasteiger charge is -2.06. The maximum Gasteiger partial charge on any atom is 0.315 e. The number of rotatable bonds is 5. The quantitative estimate of drug-likeness (QED) is 0.467. The molecule has 0 amide bonds. The van der Waals surface area contributed by atoms with Crippen molar-refractivity contribution in [1.82, 2.24) is 0 Å². The minimum Gasteiger partial charge on any atom is -0.418 e. The first-order valence-electron chi connectivity index (χ1n) is 5.76. The van der Waals surface area contributed by atoms with Gasteiger partial charge in [0.25, 0.3) is 0 Å². The zero-order chi connectivity index (χ0) is 13.7. The van der Waals surface area contributed by atoms with Gasteiger partial charge >= 0.3 is 5.69 Å². The topological polar surface area (TPSA) is 52.4 Å². The van der Waals surface area contributed by atoms with E-state index in [-0.39, 0.29) is 5.69 Å². The Balaban J connectivity index is 2.04. The fraction of sp³-hybridized carbons (Fsp3) is 0.143. The monoisotopic (exact) mass is 275 g/mol. The smallest absolute Gasteiger partial charge is 0.315 e. The summed E-state index contributed by atoms with van der Waals surface area (Å²) in [7, 11) is 0. The Hall–Kier alpha value is -2.01. The SMILES string of the molecule is Cc1cccc(OSCc2ccccc2)c1[N+](=O)[O-]. The average molecular weight is 275 g/mol. The largest absolute Gasteiger partial charge is 0.418 e. The molecule has 0 N–H and O–H groups in total. The summed E-state index contributed by atoms with van der Waals surface area (Å²) < 4.78 is 5.46. The summed E-state index contributed by atoms with van der Waals surface area (Å²) >= 11 is 1.20. The number of hydrogen-bond donors (Lipinski definition) is 0. The van der Waals surface area contributed by atoms with Gasteiger partial charge < -0.3 is 4.18 Å². The molecule has 2 aromatic rings. The van der Waals surface area contributed by atoms with E-state index < -0.39 is 4.92 Å². The van der Waals surface area contributed by atoms with Crippen LogP contribution in [0.15, 0.2) is 48.5 Å². The van der Waals surface area contributed by atoms with Crippen molar-refractivity contribution in [3.63, 3.8) is 0 Å². The predicted molar refractivity (Wildman–Crippen MR) is 76.2 cm³/mol. The number of hydrogen-bond acceptors (Lipinski definition) is 4. The fourth-order valence-electron chi connectivity index (χ4n) is 1.67. The number of aryl methyl sites for hydroxylation is 1. The highest BCUT2D eigenvalue weighted by Gasteiger charge is 2.18. The first-order chi connectivity index (χ1) is 9.18. The number of para-hydroxylation sites is 1. The normalized spacial score (nSPS) is 10.2. The second kappa shape index (κ2) is 6.24. The van der Waals surface area contributed by atoms with E-state index in [1.165, 1.54) is 12.0 Å². The molecule has 2 rings (SSSR count). The van der Waals surface area contributed by atoms with Crippen molar-refractivity contribution in [3.8, 4) is 5.75 Å². The molecular weight excluding hydrogens is 262 g/mol. The van der Waals surface area contributed by atoms with Gasteiger partial charge in [0.05, 0.1) is 22.7 Å². The minimum atomic E-state index is -0.409. The van der Waals surface area contributed by atoms with Crippen molar-refractivity contribution in [1.29, 1.82) is 0 Å². The van der Waals surface area contributed by atoms with Crippen molar-refractivity contribution in [2.45, 2.75) is 12.7 Å². The van der Waals surface area contributed by atoms with Crippen molar-refractivity contribution in [2.75, 3.05) is 0 Å². The molecule has 0 atom stereocenters. The molecule has 0 fully saturated rings. The number of benzene rings is 2. The first-order valence-corrected chi connectivity index (χ1v) is 6.67. The maximum atomic E-state index is 11.0. The second-order valence-corrected chi connectivity index (χ2v) is 4.70. The van der Waals surface area contributed by atoms with Crippen LogP contribution in [0.5, 0.6) is 5.75 Å². The fourth-order valence-corrected chi connectivity index (χ4v) is 2.32. The molecule has 0 saturated heterocycles. The Morgan fingerprint density at radius 3 is 2.58 bits per heavy atom. The minimum absolute atomic E-state index is 0.0306. The van der Waals surface area contributed by atoms with E-state index >= 15 is 0 Å². The lowest BCUT2D eigenvalue weighted by atomic mass is 10.2. The van der Waals surface area contributed by atoms with E-state index in [0.717, 1.165) is 5.56 Å². The number of nitro benzene ring substituents is 1. The molecular formula is C14H13NO3S. The summed E-state index contributed by atoms with van der Waals surface area (Å²) in [5, 5.41) is 11.0. The average Bonchev–Trinajstić information content (AvgIpc) is 2.39. The van der Waals surface area contributed by atoms with Gasteiger partial charge in [-0.3, -0.25) is 10.1 Å². The molecule has 0 aliphatic carbocycles. The van der Waals surface area contributed by atoms with Gasteiger partial charge in [-0.2, -0.15) is 0 Å². The molecule has 19 heavy (non-hydrogen) atoms. The standard InChI is InChI=1S/C14H13NO3S/c1-11-6-5-9-13(14(11)15(16)17)18-19-10-12-7-3-2-4-8-12/h2-9H,10H2,1H3. The van der Waals surface area contributed by atoms with Gasteiger partial charge in [-0.1, -0.05) is 42.5 Å². The molecule has 0 heterocycles. The van der Waals surface area contributed by atoms with Gasteiger partial charge in [0.1, 0.15) is 0 Å². The van der Waals surface area contributed by atoms with Gasteiger partial charge in [-0.15, -0.1) is 0 Å². The summed E-state index contributed by atoms with van der Waals surface area (Å²) in [4.78, 5) is 10.6. The van der Waals surface area contributed by atoms with Crippen LogP contribution in [0.2, 0.25) is 0 Å². The van der Waals surface area contributed by atoms with Crippen molar-refractivity contribution >= 4 is 17.7 Å². The van der Waals surface area contributed by atoms with E-state index in [4.69, 9.17) is 4.18 Å². The van der Waals surface area contributed by atoms with E-state index in [0.29, 0.717) is 17.1 Å². The highest BCUT2D eigenvalue weighted by molar-refractivity contribution is 7.94. The van der Waals surface area contributed by atoms with Crippen molar-refractivity contribution < 1.29 is 9.11 Å². The third-order valence-corrected chi connectivity index (χ3v) is 3.35. The summed E-state index contributed by atoms with van der Waals surface area (Å²) in [5.74, 6) is 0.942. The molecule has 98 valence electrons. The molecule has 2 aromatic carbocycles. The van der Waals surface area contributed by atoms with E-state index in [1.807, 2.05) is 30.3 Å². The molecule has 0 unspecified atom stereocenters. The van der Waals surface area contributed by atoms with Crippen LogP contribution in [-0.4, -0.2) is 4.92 Å². The Morgan fingerprint density at radius 2 is 1.89 bits per heavy atom. The van der Waals surface area contributed by atoms with Gasteiger partial charge in [0.2, 0.25) is 5.75 Å². The van der Waals surface area contributed by atoms with Crippen molar-refractivity contribution in [3.05, 3.63) is 69.8 Å². The van der Waals surface area contributed by atoms with Crippen LogP contribution < -0.4 is 4.18 Å². The lowest BCUT2D eigenvalue weighted by Crippen LogP contribution is -1.95. The van der Waals surface area contributed by atoms with E-state index in [9.17, 15) is 10.1 Å². The summed E-state index contributed by atoms with van der Waals surface area (Å²) in [6.07, 6.45) is 0. The molecule has 0 radical (unpaired) electrons. The Kier molecular flexibility index (Phi) is 4.41. The van der Waals surface area contributed by atoms with Crippen LogP contribution in [0.25, 0.3) is 0 Å². The van der Waals surface area contributed by atoms with E-state index in [2.05, 4.69) is 0 Å². The molecule has 0 aromatic heterocycles. The first kappa shape index (κ1) is 13.4. The van der Waals surface area contributed by atoms with Crippen LogP contribution in [0.4, 0.5) is 5.69 Å². The third kappa shape index (κ3) is 3.48. The van der Waals surface area contributed by atoms with Crippen molar-refractivity contribution in [2.24, 2.45) is 0 Å². The van der Waals surface area contributed by atoms with Crippen LogP contribution in [-0.2, 0) is 5.75 Å². The molecule has 0 aliphatic heterocycles. The zero-order valence-corrected chi connectivity index (χ0v) is 11.2. The second-order valence-electron chi connectivity index (χ2n) is 4.01. The van der Waals surface area contributed by atoms with Crippen LogP contribution in [0.1, 0.15) is 11.1 Å². The van der Waals surface area contributed by atoms with Crippen LogP contribution in [0.3, 0.4) is 0 Å². The van der Waals surface area contributed by atoms with Gasteiger partial charge in [-0.05, 0) is 18.6 Å². The van der Waals surface area contributed by atoms with Gasteiger partial charge in [-0.25, -0.2) is 0 Å². The highest BCUT2D eigenvalue weighted by atomic mass is 32.2. The maximum absolute atomic E-state index is 11.0. The van der Waals surface area contributed by atoms with Crippen LogP contribution in [0, 0.1) is 17.0 Å². The lowest BCUT2D eigenvalue weighted by molar-refractivity contribution is -0.386. The molecule has 0 spiro atoms. The van der Waals surface area contributed by atoms with E-state index in [1.54, 1.807) is 25.1 Å². The summed E-state index contributed by atoms with van der Waals surface area (Å²) in [6, 6.07) is 14.9. The molecule has 0 aliphatic rings. The number of nitrogens with zero attached hydrogens (tertiary/aromatic N) is 1. The zero-order valence-electron chi connectivity index (χ0n) is 10.4. The molecule has 0 saturated carbocycles. The Morgan fingerprint density at radius 1 is 1.16 bits per heavy atom. The molecule has 5 heteroatoms. The third-order valence-electron chi connectivity index (χ3n) is 2.60. The Bertz CT molecular complexity index is 572. The van der Waals surface area contributed by atoms with Gasteiger partial charge in [0, 0.05) is 5.56 Å². The number of nitro groups is 1. The predicted octanol–water partition coefficient (Wildman–Crippen LogP) is 4.13. The van der Waals surface area contributed by atoms with Crippen LogP contribution >= 0.6 is 12.0 Å². The highest BCUT2D eigenvalue weighted by Crippen LogP contribution is 2.33. The summed E-state index contributed by atoms with van der Waals surface area (Å²) in [5.41, 5.74) is 1.74. The van der Waals surface area contributed by atoms with Gasteiger partial charge in [0.15, 0.2) is 0 Å². The summed E-state index contributed by atoms with van der Waals surface area (Å²) in [6.45, 7) is 1.70.